The number of pyridine rings is 1. The predicted molar refractivity (Wildman–Crippen MR) is 78.2 cm³/mol. The van der Waals surface area contributed by atoms with Gasteiger partial charge >= 0.3 is 0 Å². The van der Waals surface area contributed by atoms with Crippen LogP contribution in [-0.2, 0) is 0 Å². The Morgan fingerprint density at radius 1 is 1.16 bits per heavy atom. The molecule has 0 saturated carbocycles. The van der Waals surface area contributed by atoms with Gasteiger partial charge in [-0.2, -0.15) is 0 Å². The van der Waals surface area contributed by atoms with E-state index < -0.39 is 0 Å². The normalized spacial score (nSPS) is 12.2. The second kappa shape index (κ2) is 6.24. The first-order valence-corrected chi connectivity index (χ1v) is 6.61. The molecule has 0 amide bonds. The fraction of sp³-hybridized carbons (Fsp3) is 0.214. The van der Waals surface area contributed by atoms with Crippen molar-refractivity contribution in [3.05, 3.63) is 52.3 Å². The molecule has 100 valence electrons. The van der Waals surface area contributed by atoms with E-state index in [1.807, 2.05) is 26.1 Å². The Bertz CT molecular complexity index is 575. The standard InChI is InChI=1S/C14H14Cl2N2O/c1-9(17-2)13-4-3-11(6-14(13)16)19-12-5-10(15)7-18-8-12/h3-9,17H,1-2H3. The van der Waals surface area contributed by atoms with E-state index >= 15 is 0 Å². The van der Waals surface area contributed by atoms with Crippen molar-refractivity contribution in [2.75, 3.05) is 7.05 Å². The van der Waals surface area contributed by atoms with Crippen LogP contribution >= 0.6 is 23.2 Å². The van der Waals surface area contributed by atoms with E-state index in [-0.39, 0.29) is 6.04 Å². The SMILES string of the molecule is CNC(C)c1ccc(Oc2cncc(Cl)c2)cc1Cl. The number of benzene rings is 1. The maximum absolute atomic E-state index is 6.24. The lowest BCUT2D eigenvalue weighted by molar-refractivity contribution is 0.480. The molecule has 0 aliphatic rings. The van der Waals surface area contributed by atoms with Gasteiger partial charge in [-0.3, -0.25) is 4.98 Å². The minimum atomic E-state index is 0.189. The molecular weight excluding hydrogens is 283 g/mol. The summed E-state index contributed by atoms with van der Waals surface area (Å²) in [6.45, 7) is 2.04. The van der Waals surface area contributed by atoms with Crippen LogP contribution in [0, 0.1) is 0 Å². The average molecular weight is 297 g/mol. The maximum Gasteiger partial charge on any atom is 0.147 e. The van der Waals surface area contributed by atoms with Gasteiger partial charge in [-0.05, 0) is 31.7 Å². The molecule has 0 spiro atoms. The first-order valence-electron chi connectivity index (χ1n) is 5.85. The van der Waals surface area contributed by atoms with Gasteiger partial charge in [0.2, 0.25) is 0 Å². The zero-order valence-electron chi connectivity index (χ0n) is 10.7. The fourth-order valence-electron chi connectivity index (χ4n) is 1.66. The number of ether oxygens (including phenoxy) is 1. The molecule has 1 aromatic carbocycles. The molecule has 2 aromatic rings. The van der Waals surface area contributed by atoms with Gasteiger partial charge in [-0.25, -0.2) is 0 Å². The lowest BCUT2D eigenvalue weighted by atomic mass is 10.1. The van der Waals surface area contributed by atoms with Gasteiger partial charge in [0.05, 0.1) is 11.2 Å². The molecule has 0 saturated heterocycles. The summed E-state index contributed by atoms with van der Waals surface area (Å²) in [6.07, 6.45) is 3.16. The second-order valence-electron chi connectivity index (χ2n) is 4.13. The highest BCUT2D eigenvalue weighted by atomic mass is 35.5. The average Bonchev–Trinajstić information content (AvgIpc) is 2.38. The molecule has 1 aromatic heterocycles. The number of aromatic nitrogens is 1. The van der Waals surface area contributed by atoms with Gasteiger partial charge in [0.15, 0.2) is 0 Å². The van der Waals surface area contributed by atoms with Gasteiger partial charge in [0.1, 0.15) is 11.5 Å². The summed E-state index contributed by atoms with van der Waals surface area (Å²) in [6, 6.07) is 7.49. The van der Waals surface area contributed by atoms with Crippen LogP contribution in [0.4, 0.5) is 0 Å². The highest BCUT2D eigenvalue weighted by Gasteiger charge is 2.09. The first-order chi connectivity index (χ1) is 9.10. The summed E-state index contributed by atoms with van der Waals surface area (Å²) in [5.41, 5.74) is 1.03. The molecule has 0 fully saturated rings. The Morgan fingerprint density at radius 2 is 1.95 bits per heavy atom. The monoisotopic (exact) mass is 296 g/mol. The van der Waals surface area contributed by atoms with Crippen molar-refractivity contribution in [2.24, 2.45) is 0 Å². The van der Waals surface area contributed by atoms with Crippen molar-refractivity contribution in [3.8, 4) is 11.5 Å². The van der Waals surface area contributed by atoms with Gasteiger partial charge in [0.25, 0.3) is 0 Å². The van der Waals surface area contributed by atoms with E-state index in [1.165, 1.54) is 0 Å². The van der Waals surface area contributed by atoms with Gasteiger partial charge in [0, 0.05) is 23.3 Å². The molecule has 3 nitrogen and oxygen atoms in total. The third-order valence-electron chi connectivity index (χ3n) is 2.79. The molecule has 0 aliphatic heterocycles. The highest BCUT2D eigenvalue weighted by molar-refractivity contribution is 6.31. The number of nitrogens with zero attached hydrogens (tertiary/aromatic N) is 1. The predicted octanol–water partition coefficient (Wildman–Crippen LogP) is 4.46. The first kappa shape index (κ1) is 14.1. The molecule has 0 aliphatic carbocycles. The molecule has 1 atom stereocenters. The molecule has 1 unspecified atom stereocenters. The molecular formula is C14H14Cl2N2O. The van der Waals surface area contributed by atoms with Crippen LogP contribution in [0.3, 0.4) is 0 Å². The molecule has 0 bridgehead atoms. The summed E-state index contributed by atoms with van der Waals surface area (Å²) in [7, 11) is 1.89. The summed E-state index contributed by atoms with van der Waals surface area (Å²) < 4.78 is 5.66. The molecule has 0 radical (unpaired) electrons. The van der Waals surface area contributed by atoms with E-state index in [0.29, 0.717) is 21.5 Å². The number of hydrogen-bond donors (Lipinski definition) is 1. The van der Waals surface area contributed by atoms with Crippen molar-refractivity contribution in [1.29, 1.82) is 0 Å². The molecule has 19 heavy (non-hydrogen) atoms. The van der Waals surface area contributed by atoms with Crippen molar-refractivity contribution < 1.29 is 4.74 Å². The van der Waals surface area contributed by atoms with E-state index in [1.54, 1.807) is 24.5 Å². The summed E-state index contributed by atoms with van der Waals surface area (Å²) in [4.78, 5) is 3.96. The topological polar surface area (TPSA) is 34.1 Å². The van der Waals surface area contributed by atoms with Crippen LogP contribution in [0.1, 0.15) is 18.5 Å². The Labute approximate surface area is 122 Å². The van der Waals surface area contributed by atoms with Crippen LogP contribution in [0.2, 0.25) is 10.0 Å². The summed E-state index contributed by atoms with van der Waals surface area (Å²) in [5.74, 6) is 1.24. The molecule has 2 rings (SSSR count). The lowest BCUT2D eigenvalue weighted by Crippen LogP contribution is -2.12. The summed E-state index contributed by atoms with van der Waals surface area (Å²) in [5, 5.41) is 4.34. The molecule has 1 N–H and O–H groups in total. The van der Waals surface area contributed by atoms with E-state index in [9.17, 15) is 0 Å². The van der Waals surface area contributed by atoms with Crippen molar-refractivity contribution >= 4 is 23.2 Å². The number of hydrogen-bond acceptors (Lipinski definition) is 3. The minimum Gasteiger partial charge on any atom is -0.456 e. The number of rotatable bonds is 4. The largest absolute Gasteiger partial charge is 0.456 e. The van der Waals surface area contributed by atoms with Gasteiger partial charge < -0.3 is 10.1 Å². The maximum atomic E-state index is 6.24. The zero-order valence-corrected chi connectivity index (χ0v) is 12.2. The quantitative estimate of drug-likeness (QED) is 0.904. The third kappa shape index (κ3) is 3.60. The Hall–Kier alpha value is -1.29. The Kier molecular flexibility index (Phi) is 4.64. The number of halogens is 2. The van der Waals surface area contributed by atoms with Crippen molar-refractivity contribution in [1.82, 2.24) is 10.3 Å². The second-order valence-corrected chi connectivity index (χ2v) is 4.98. The van der Waals surface area contributed by atoms with Crippen LogP contribution in [0.15, 0.2) is 36.7 Å². The molecule has 1 heterocycles. The van der Waals surface area contributed by atoms with Crippen LogP contribution in [0.5, 0.6) is 11.5 Å². The Morgan fingerprint density at radius 3 is 2.58 bits per heavy atom. The highest BCUT2D eigenvalue weighted by Crippen LogP contribution is 2.30. The van der Waals surface area contributed by atoms with E-state index in [0.717, 1.165) is 5.56 Å². The van der Waals surface area contributed by atoms with Crippen LogP contribution < -0.4 is 10.1 Å². The zero-order chi connectivity index (χ0) is 13.8. The van der Waals surface area contributed by atoms with Crippen LogP contribution in [0.25, 0.3) is 0 Å². The molecule has 5 heteroatoms. The lowest BCUT2D eigenvalue weighted by Gasteiger charge is -2.14. The third-order valence-corrected chi connectivity index (χ3v) is 3.32. The van der Waals surface area contributed by atoms with Gasteiger partial charge in [-0.15, -0.1) is 0 Å². The number of nitrogens with one attached hydrogen (secondary N) is 1. The smallest absolute Gasteiger partial charge is 0.147 e. The van der Waals surface area contributed by atoms with Crippen molar-refractivity contribution in [3.63, 3.8) is 0 Å². The van der Waals surface area contributed by atoms with Crippen molar-refractivity contribution in [2.45, 2.75) is 13.0 Å². The van der Waals surface area contributed by atoms with E-state index in [2.05, 4.69) is 10.3 Å². The Balaban J connectivity index is 2.21. The summed E-state index contributed by atoms with van der Waals surface area (Å²) >= 11 is 12.1. The van der Waals surface area contributed by atoms with Gasteiger partial charge in [-0.1, -0.05) is 29.3 Å². The van der Waals surface area contributed by atoms with E-state index in [4.69, 9.17) is 27.9 Å². The minimum absolute atomic E-state index is 0.189. The van der Waals surface area contributed by atoms with Crippen LogP contribution in [-0.4, -0.2) is 12.0 Å². The fourth-order valence-corrected chi connectivity index (χ4v) is 2.16.